The lowest BCUT2D eigenvalue weighted by Crippen LogP contribution is -2.39. The molecular weight excluding hydrogens is 206 g/mol. The summed E-state index contributed by atoms with van der Waals surface area (Å²) in [4.78, 5) is 11.8. The molecule has 0 bridgehead atoms. The minimum absolute atomic E-state index is 0.112. The number of hydrogen-bond acceptors (Lipinski definition) is 4. The number of carbonyl (C=O) groups is 1. The highest BCUT2D eigenvalue weighted by molar-refractivity contribution is 5.73. The molecule has 0 saturated carbocycles. The molecule has 0 aromatic heterocycles. The summed E-state index contributed by atoms with van der Waals surface area (Å²) in [5.74, 6) is -0.235. The van der Waals surface area contributed by atoms with Gasteiger partial charge in [-0.2, -0.15) is 0 Å². The zero-order valence-corrected chi connectivity index (χ0v) is 10.3. The molecular formula is C12H23NO3. The van der Waals surface area contributed by atoms with Gasteiger partial charge in [0.25, 0.3) is 0 Å². The van der Waals surface area contributed by atoms with Crippen LogP contribution in [-0.4, -0.2) is 38.4 Å². The van der Waals surface area contributed by atoms with Gasteiger partial charge in [-0.25, -0.2) is 0 Å². The first-order valence-electron chi connectivity index (χ1n) is 6.27. The third-order valence-corrected chi connectivity index (χ3v) is 2.84. The number of ether oxygens (including phenoxy) is 2. The summed E-state index contributed by atoms with van der Waals surface area (Å²) in [6.45, 7) is 6.66. The monoisotopic (exact) mass is 229 g/mol. The van der Waals surface area contributed by atoms with E-state index in [2.05, 4.69) is 12.2 Å². The Morgan fingerprint density at radius 3 is 2.88 bits per heavy atom. The van der Waals surface area contributed by atoms with Gasteiger partial charge in [0.2, 0.25) is 0 Å². The van der Waals surface area contributed by atoms with Crippen LogP contribution in [-0.2, 0) is 14.3 Å². The summed E-state index contributed by atoms with van der Waals surface area (Å²) >= 11 is 0. The van der Waals surface area contributed by atoms with E-state index in [1.165, 1.54) is 0 Å². The van der Waals surface area contributed by atoms with E-state index >= 15 is 0 Å². The van der Waals surface area contributed by atoms with Gasteiger partial charge in [0.15, 0.2) is 0 Å². The summed E-state index contributed by atoms with van der Waals surface area (Å²) in [5, 5.41) is 3.25. The number of unbranched alkanes of at least 4 members (excludes halogenated alkanes) is 2. The van der Waals surface area contributed by atoms with Crippen LogP contribution in [0.25, 0.3) is 0 Å². The van der Waals surface area contributed by atoms with E-state index in [-0.39, 0.29) is 17.9 Å². The highest BCUT2D eigenvalue weighted by Gasteiger charge is 2.34. The molecule has 1 aliphatic heterocycles. The first kappa shape index (κ1) is 13.5. The summed E-state index contributed by atoms with van der Waals surface area (Å²) in [6, 6.07) is 0.128. The van der Waals surface area contributed by atoms with Crippen molar-refractivity contribution < 1.29 is 14.3 Å². The average Bonchev–Trinajstić information content (AvgIpc) is 2.73. The molecule has 94 valence electrons. The van der Waals surface area contributed by atoms with Crippen LogP contribution < -0.4 is 5.32 Å². The van der Waals surface area contributed by atoms with E-state index < -0.39 is 0 Å². The number of carbonyl (C=O) groups excluding carboxylic acids is 1. The van der Waals surface area contributed by atoms with Crippen LogP contribution >= 0.6 is 0 Å². The molecule has 0 aromatic carbocycles. The number of hydrogen-bond donors (Lipinski definition) is 1. The Bertz CT molecular complexity index is 208. The number of rotatable bonds is 7. The predicted molar refractivity (Wildman–Crippen MR) is 62.3 cm³/mol. The lowest BCUT2D eigenvalue weighted by Gasteiger charge is -2.16. The molecule has 1 rings (SSSR count). The van der Waals surface area contributed by atoms with Crippen molar-refractivity contribution in [2.24, 2.45) is 5.92 Å². The minimum Gasteiger partial charge on any atom is -0.465 e. The fraction of sp³-hybridized carbons (Fsp3) is 0.917. The molecule has 1 fully saturated rings. The van der Waals surface area contributed by atoms with Gasteiger partial charge in [-0.05, 0) is 13.0 Å². The van der Waals surface area contributed by atoms with Crippen molar-refractivity contribution in [3.63, 3.8) is 0 Å². The minimum atomic E-state index is -0.124. The van der Waals surface area contributed by atoms with Gasteiger partial charge in [-0.3, -0.25) is 4.79 Å². The fourth-order valence-electron chi connectivity index (χ4n) is 1.88. The molecule has 0 aliphatic carbocycles. The molecule has 16 heavy (non-hydrogen) atoms. The van der Waals surface area contributed by atoms with Crippen LogP contribution in [0.3, 0.4) is 0 Å². The smallest absolute Gasteiger partial charge is 0.312 e. The van der Waals surface area contributed by atoms with Crippen molar-refractivity contribution in [1.29, 1.82) is 0 Å². The summed E-state index contributed by atoms with van der Waals surface area (Å²) in [6.07, 6.45) is 3.22. The van der Waals surface area contributed by atoms with Gasteiger partial charge >= 0.3 is 5.97 Å². The van der Waals surface area contributed by atoms with Gasteiger partial charge in [-0.1, -0.05) is 26.7 Å². The zero-order valence-electron chi connectivity index (χ0n) is 10.3. The van der Waals surface area contributed by atoms with Gasteiger partial charge in [0.05, 0.1) is 25.7 Å². The quantitative estimate of drug-likeness (QED) is 0.529. The zero-order chi connectivity index (χ0) is 11.8. The second-order valence-corrected chi connectivity index (χ2v) is 4.18. The maximum absolute atomic E-state index is 11.8. The Kier molecular flexibility index (Phi) is 6.42. The molecule has 1 N–H and O–H groups in total. The number of nitrogens with one attached hydrogen (secondary N) is 1. The SMILES string of the molecule is CCCCCOC(=O)C1COCC1NCC. The molecule has 1 aliphatic rings. The van der Waals surface area contributed by atoms with Crippen LogP contribution in [0.5, 0.6) is 0 Å². The lowest BCUT2D eigenvalue weighted by atomic mass is 10.0. The van der Waals surface area contributed by atoms with Crippen LogP contribution in [0.2, 0.25) is 0 Å². The summed E-state index contributed by atoms with van der Waals surface area (Å²) < 4.78 is 10.6. The first-order valence-corrected chi connectivity index (χ1v) is 6.27. The van der Waals surface area contributed by atoms with Gasteiger partial charge in [0.1, 0.15) is 0 Å². The summed E-state index contributed by atoms with van der Waals surface area (Å²) in [7, 11) is 0. The van der Waals surface area contributed by atoms with Crippen LogP contribution in [0.4, 0.5) is 0 Å². The average molecular weight is 229 g/mol. The topological polar surface area (TPSA) is 47.6 Å². The number of likely N-dealkylation sites (N-methyl/N-ethyl adjacent to an activating group) is 1. The van der Waals surface area contributed by atoms with Crippen molar-refractivity contribution >= 4 is 5.97 Å². The Morgan fingerprint density at radius 1 is 1.38 bits per heavy atom. The Balaban J connectivity index is 2.23. The molecule has 0 spiro atoms. The van der Waals surface area contributed by atoms with E-state index in [1.54, 1.807) is 0 Å². The van der Waals surface area contributed by atoms with Gasteiger partial charge in [0, 0.05) is 6.04 Å². The first-order chi connectivity index (χ1) is 7.79. The molecule has 0 amide bonds. The Morgan fingerprint density at radius 2 is 2.19 bits per heavy atom. The van der Waals surface area contributed by atoms with Crippen molar-refractivity contribution in [3.8, 4) is 0 Å². The Hall–Kier alpha value is -0.610. The van der Waals surface area contributed by atoms with Crippen LogP contribution in [0, 0.1) is 5.92 Å². The van der Waals surface area contributed by atoms with Crippen molar-refractivity contribution in [2.75, 3.05) is 26.4 Å². The van der Waals surface area contributed by atoms with Gasteiger partial charge in [-0.15, -0.1) is 0 Å². The Labute approximate surface area is 97.7 Å². The molecule has 2 unspecified atom stereocenters. The van der Waals surface area contributed by atoms with E-state index in [9.17, 15) is 4.79 Å². The summed E-state index contributed by atoms with van der Waals surface area (Å²) in [5.41, 5.74) is 0. The van der Waals surface area contributed by atoms with Crippen molar-refractivity contribution in [2.45, 2.75) is 39.2 Å². The largest absolute Gasteiger partial charge is 0.465 e. The molecule has 1 heterocycles. The molecule has 2 atom stereocenters. The highest BCUT2D eigenvalue weighted by Crippen LogP contribution is 2.15. The fourth-order valence-corrected chi connectivity index (χ4v) is 1.88. The second kappa shape index (κ2) is 7.63. The molecule has 1 saturated heterocycles. The third kappa shape index (κ3) is 4.10. The maximum Gasteiger partial charge on any atom is 0.312 e. The lowest BCUT2D eigenvalue weighted by molar-refractivity contribution is -0.149. The number of esters is 1. The second-order valence-electron chi connectivity index (χ2n) is 4.18. The van der Waals surface area contributed by atoms with E-state index in [0.29, 0.717) is 19.8 Å². The molecule has 4 heteroatoms. The van der Waals surface area contributed by atoms with E-state index in [1.807, 2.05) is 6.92 Å². The molecule has 4 nitrogen and oxygen atoms in total. The maximum atomic E-state index is 11.8. The van der Waals surface area contributed by atoms with Crippen LogP contribution in [0.1, 0.15) is 33.1 Å². The van der Waals surface area contributed by atoms with Gasteiger partial charge < -0.3 is 14.8 Å². The standard InChI is InChI=1S/C12H23NO3/c1-3-5-6-7-16-12(14)10-8-15-9-11(10)13-4-2/h10-11,13H,3-9H2,1-2H3. The molecule has 0 radical (unpaired) electrons. The highest BCUT2D eigenvalue weighted by atomic mass is 16.5. The van der Waals surface area contributed by atoms with Crippen LogP contribution in [0.15, 0.2) is 0 Å². The molecule has 0 aromatic rings. The van der Waals surface area contributed by atoms with Crippen molar-refractivity contribution in [1.82, 2.24) is 5.32 Å². The predicted octanol–water partition coefficient (Wildman–Crippen LogP) is 1.34. The van der Waals surface area contributed by atoms with E-state index in [0.717, 1.165) is 25.8 Å². The van der Waals surface area contributed by atoms with E-state index in [4.69, 9.17) is 9.47 Å². The third-order valence-electron chi connectivity index (χ3n) is 2.84. The van der Waals surface area contributed by atoms with Crippen molar-refractivity contribution in [3.05, 3.63) is 0 Å². The normalized spacial score (nSPS) is 24.6.